The average molecular weight is 336 g/mol. The van der Waals surface area contributed by atoms with Gasteiger partial charge in [0, 0.05) is 19.1 Å². The molecule has 1 aliphatic carbocycles. The molecule has 1 heterocycles. The van der Waals surface area contributed by atoms with Crippen molar-refractivity contribution in [2.24, 2.45) is 5.92 Å². The van der Waals surface area contributed by atoms with E-state index in [1.807, 2.05) is 6.92 Å². The van der Waals surface area contributed by atoms with Crippen molar-refractivity contribution in [3.8, 4) is 0 Å². The Morgan fingerprint density at radius 3 is 2.52 bits per heavy atom. The van der Waals surface area contributed by atoms with E-state index in [4.69, 9.17) is 0 Å². The Morgan fingerprint density at radius 1 is 1.08 bits per heavy atom. The zero-order valence-electron chi connectivity index (χ0n) is 15.1. The standard InChI is InChI=1S/C22H28N2O/c1-16(19-9-8-18-4-2-3-5-20(18)14-19)22(25)24-12-10-21(11-13-24)23-15-17-6-7-17/h2-5,8-9,14,16-17,21,23H,6-7,10-13,15H2,1H3. The third-order valence-corrected chi connectivity index (χ3v) is 5.84. The summed E-state index contributed by atoms with van der Waals surface area (Å²) in [7, 11) is 0. The van der Waals surface area contributed by atoms with Crippen LogP contribution in [0.2, 0.25) is 0 Å². The molecule has 1 aliphatic heterocycles. The summed E-state index contributed by atoms with van der Waals surface area (Å²) in [6, 6.07) is 15.3. The molecule has 0 aromatic heterocycles. The van der Waals surface area contributed by atoms with Crippen molar-refractivity contribution in [2.75, 3.05) is 19.6 Å². The second kappa shape index (κ2) is 7.17. The lowest BCUT2D eigenvalue weighted by molar-refractivity contribution is -0.133. The normalized spacial score (nSPS) is 20.0. The van der Waals surface area contributed by atoms with Crippen LogP contribution >= 0.6 is 0 Å². The van der Waals surface area contributed by atoms with Gasteiger partial charge >= 0.3 is 0 Å². The molecule has 1 saturated carbocycles. The predicted molar refractivity (Wildman–Crippen MR) is 103 cm³/mol. The first-order valence-electron chi connectivity index (χ1n) is 9.71. The van der Waals surface area contributed by atoms with Gasteiger partial charge in [-0.2, -0.15) is 0 Å². The highest BCUT2D eigenvalue weighted by molar-refractivity contribution is 5.87. The number of nitrogens with zero attached hydrogens (tertiary/aromatic N) is 1. The highest BCUT2D eigenvalue weighted by Crippen LogP contribution is 2.28. The van der Waals surface area contributed by atoms with Crippen LogP contribution < -0.4 is 5.32 Å². The van der Waals surface area contributed by atoms with Crippen LogP contribution in [0.1, 0.15) is 44.1 Å². The van der Waals surface area contributed by atoms with Crippen LogP contribution in [0.3, 0.4) is 0 Å². The number of hydrogen-bond acceptors (Lipinski definition) is 2. The maximum Gasteiger partial charge on any atom is 0.229 e. The first-order chi connectivity index (χ1) is 12.2. The second-order valence-corrected chi connectivity index (χ2v) is 7.78. The molecule has 2 fully saturated rings. The number of fused-ring (bicyclic) bond motifs is 1. The van der Waals surface area contributed by atoms with Crippen LogP contribution in [0.4, 0.5) is 0 Å². The van der Waals surface area contributed by atoms with Crippen molar-refractivity contribution in [1.29, 1.82) is 0 Å². The van der Waals surface area contributed by atoms with E-state index in [-0.39, 0.29) is 11.8 Å². The minimum Gasteiger partial charge on any atom is -0.342 e. The van der Waals surface area contributed by atoms with Gasteiger partial charge in [-0.25, -0.2) is 0 Å². The van der Waals surface area contributed by atoms with Crippen LogP contribution in [-0.2, 0) is 4.79 Å². The van der Waals surface area contributed by atoms with Crippen molar-refractivity contribution in [3.63, 3.8) is 0 Å². The second-order valence-electron chi connectivity index (χ2n) is 7.78. The fourth-order valence-corrected chi connectivity index (χ4v) is 3.85. The lowest BCUT2D eigenvalue weighted by Gasteiger charge is -2.34. The Balaban J connectivity index is 1.36. The number of carbonyl (C=O) groups is 1. The summed E-state index contributed by atoms with van der Waals surface area (Å²) < 4.78 is 0. The van der Waals surface area contributed by atoms with Crippen molar-refractivity contribution < 1.29 is 4.79 Å². The minimum atomic E-state index is -0.0689. The van der Waals surface area contributed by atoms with Gasteiger partial charge in [0.15, 0.2) is 0 Å². The lowest BCUT2D eigenvalue weighted by atomic mass is 9.95. The van der Waals surface area contributed by atoms with Crippen LogP contribution in [-0.4, -0.2) is 36.5 Å². The molecule has 1 saturated heterocycles. The molecule has 0 spiro atoms. The van der Waals surface area contributed by atoms with Gasteiger partial charge < -0.3 is 10.2 Å². The summed E-state index contributed by atoms with van der Waals surface area (Å²) in [6.07, 6.45) is 4.97. The molecular weight excluding hydrogens is 308 g/mol. The molecule has 132 valence electrons. The van der Waals surface area contributed by atoms with E-state index in [9.17, 15) is 4.79 Å². The van der Waals surface area contributed by atoms with Gasteiger partial charge in [0.2, 0.25) is 5.91 Å². The third kappa shape index (κ3) is 3.87. The zero-order valence-corrected chi connectivity index (χ0v) is 15.1. The Bertz CT molecular complexity index is 745. The van der Waals surface area contributed by atoms with E-state index >= 15 is 0 Å². The van der Waals surface area contributed by atoms with E-state index in [1.165, 1.54) is 30.2 Å². The first kappa shape index (κ1) is 16.6. The van der Waals surface area contributed by atoms with E-state index in [2.05, 4.69) is 52.7 Å². The van der Waals surface area contributed by atoms with Gasteiger partial charge in [-0.05, 0) is 61.4 Å². The molecule has 0 bridgehead atoms. The number of nitrogens with one attached hydrogen (secondary N) is 1. The van der Waals surface area contributed by atoms with Crippen LogP contribution in [0, 0.1) is 5.92 Å². The fourth-order valence-electron chi connectivity index (χ4n) is 3.85. The highest BCUT2D eigenvalue weighted by atomic mass is 16.2. The molecule has 1 atom stereocenters. The molecule has 0 radical (unpaired) electrons. The molecule has 3 nitrogen and oxygen atoms in total. The summed E-state index contributed by atoms with van der Waals surface area (Å²) in [5, 5.41) is 6.13. The largest absolute Gasteiger partial charge is 0.342 e. The molecule has 1 unspecified atom stereocenters. The van der Waals surface area contributed by atoms with E-state index < -0.39 is 0 Å². The number of piperidine rings is 1. The predicted octanol–water partition coefficient (Wildman–Crippen LogP) is 3.93. The Hall–Kier alpha value is -1.87. The van der Waals surface area contributed by atoms with Gasteiger partial charge in [-0.1, -0.05) is 42.5 Å². The number of amides is 1. The van der Waals surface area contributed by atoms with Gasteiger partial charge in [0.1, 0.15) is 0 Å². The van der Waals surface area contributed by atoms with Crippen LogP contribution in [0.15, 0.2) is 42.5 Å². The first-order valence-corrected chi connectivity index (χ1v) is 9.71. The lowest BCUT2D eigenvalue weighted by Crippen LogP contribution is -2.46. The van der Waals surface area contributed by atoms with Crippen LogP contribution in [0.5, 0.6) is 0 Å². The maximum absolute atomic E-state index is 12.9. The minimum absolute atomic E-state index is 0.0689. The third-order valence-electron chi connectivity index (χ3n) is 5.84. The molecule has 2 aromatic rings. The monoisotopic (exact) mass is 336 g/mol. The van der Waals surface area contributed by atoms with E-state index in [1.54, 1.807) is 0 Å². The molecule has 2 aromatic carbocycles. The quantitative estimate of drug-likeness (QED) is 0.897. The molecule has 3 heteroatoms. The summed E-state index contributed by atoms with van der Waals surface area (Å²) in [4.78, 5) is 15.0. The van der Waals surface area contributed by atoms with Crippen molar-refractivity contribution in [2.45, 2.75) is 44.6 Å². The molecule has 25 heavy (non-hydrogen) atoms. The van der Waals surface area contributed by atoms with Crippen molar-refractivity contribution in [3.05, 3.63) is 48.0 Å². The van der Waals surface area contributed by atoms with Gasteiger partial charge in [0.05, 0.1) is 5.92 Å². The smallest absolute Gasteiger partial charge is 0.229 e. The van der Waals surface area contributed by atoms with Gasteiger partial charge in [-0.3, -0.25) is 4.79 Å². The van der Waals surface area contributed by atoms with Gasteiger partial charge in [-0.15, -0.1) is 0 Å². The van der Waals surface area contributed by atoms with E-state index in [0.29, 0.717) is 6.04 Å². The number of benzene rings is 2. The van der Waals surface area contributed by atoms with Crippen molar-refractivity contribution >= 4 is 16.7 Å². The maximum atomic E-state index is 12.9. The zero-order chi connectivity index (χ0) is 17.2. The Kier molecular flexibility index (Phi) is 4.76. The number of hydrogen-bond donors (Lipinski definition) is 1. The van der Waals surface area contributed by atoms with Crippen LogP contribution in [0.25, 0.3) is 10.8 Å². The molecule has 1 N–H and O–H groups in total. The van der Waals surface area contributed by atoms with Crippen molar-refractivity contribution in [1.82, 2.24) is 10.2 Å². The Labute approximate surface area is 150 Å². The topological polar surface area (TPSA) is 32.3 Å². The van der Waals surface area contributed by atoms with Gasteiger partial charge in [0.25, 0.3) is 0 Å². The Morgan fingerprint density at radius 2 is 1.80 bits per heavy atom. The SMILES string of the molecule is CC(C(=O)N1CCC(NCC2CC2)CC1)c1ccc2ccccc2c1. The van der Waals surface area contributed by atoms with E-state index in [0.717, 1.165) is 37.4 Å². The summed E-state index contributed by atoms with van der Waals surface area (Å²) in [5.41, 5.74) is 1.12. The molecule has 1 amide bonds. The molecular formula is C22H28N2O. The molecule has 4 rings (SSSR count). The average Bonchev–Trinajstić information content (AvgIpc) is 3.50. The summed E-state index contributed by atoms with van der Waals surface area (Å²) >= 11 is 0. The molecule has 2 aliphatic rings. The highest BCUT2D eigenvalue weighted by Gasteiger charge is 2.28. The number of rotatable bonds is 5. The fraction of sp³-hybridized carbons (Fsp3) is 0.500. The summed E-state index contributed by atoms with van der Waals surface area (Å²) in [6.45, 7) is 4.99. The number of carbonyl (C=O) groups excluding carboxylic acids is 1. The summed E-state index contributed by atoms with van der Waals surface area (Å²) in [5.74, 6) is 1.13. The number of likely N-dealkylation sites (tertiary alicyclic amines) is 1.